The van der Waals surface area contributed by atoms with Gasteiger partial charge in [0.2, 0.25) is 0 Å². The van der Waals surface area contributed by atoms with E-state index in [0.29, 0.717) is 4.90 Å². The molecule has 0 aliphatic carbocycles. The van der Waals surface area contributed by atoms with E-state index in [-0.39, 0.29) is 5.97 Å². The highest BCUT2D eigenvalue weighted by molar-refractivity contribution is 7.83. The highest BCUT2D eigenvalue weighted by Gasteiger charge is 2.68. The number of methoxy groups -OCH3 is 1. The zero-order valence-corrected chi connectivity index (χ0v) is 14.2. The summed E-state index contributed by atoms with van der Waals surface area (Å²) in [5.74, 6) is -0.364. The van der Waals surface area contributed by atoms with E-state index >= 15 is 0 Å². The standard InChI is InChI=1S/C18H19NO3S/c1-13-9-11-15(12-10-13)23(21)19-16(17(20)22-3)18(19,2)14-7-5-4-6-8-14/h4-12,16H,1-3H3/t16-,18+,19?,23?/m1/s1. The van der Waals surface area contributed by atoms with Gasteiger partial charge in [0.15, 0.2) is 0 Å². The van der Waals surface area contributed by atoms with Crippen LogP contribution in [-0.4, -0.2) is 27.6 Å². The first-order valence-electron chi connectivity index (χ1n) is 7.41. The summed E-state index contributed by atoms with van der Waals surface area (Å²) < 4.78 is 19.6. The number of benzene rings is 2. The fraction of sp³-hybridized carbons (Fsp3) is 0.278. The first kappa shape index (κ1) is 15.9. The maximum Gasteiger partial charge on any atom is 0.326 e. The minimum absolute atomic E-state index is 0.364. The van der Waals surface area contributed by atoms with Gasteiger partial charge in [0.05, 0.1) is 17.5 Å². The van der Waals surface area contributed by atoms with Crippen molar-refractivity contribution in [2.75, 3.05) is 7.11 Å². The summed E-state index contributed by atoms with van der Waals surface area (Å²) in [6.07, 6.45) is 0. The number of esters is 1. The second-order valence-corrected chi connectivity index (χ2v) is 7.19. The van der Waals surface area contributed by atoms with Crippen molar-refractivity contribution >= 4 is 17.0 Å². The number of carbonyl (C=O) groups is 1. The average molecular weight is 329 g/mol. The molecule has 23 heavy (non-hydrogen) atoms. The minimum atomic E-state index is -1.42. The molecule has 0 aromatic heterocycles. The zero-order chi connectivity index (χ0) is 16.6. The fourth-order valence-electron chi connectivity index (χ4n) is 2.89. The van der Waals surface area contributed by atoms with Gasteiger partial charge in [0.1, 0.15) is 17.0 Å². The van der Waals surface area contributed by atoms with Gasteiger partial charge < -0.3 is 4.74 Å². The number of carbonyl (C=O) groups excluding carboxylic acids is 1. The summed E-state index contributed by atoms with van der Waals surface area (Å²) in [5, 5.41) is 0. The Morgan fingerprint density at radius 1 is 1.13 bits per heavy atom. The molecule has 0 amide bonds. The lowest BCUT2D eigenvalue weighted by Crippen LogP contribution is -2.17. The summed E-state index contributed by atoms with van der Waals surface area (Å²) in [6.45, 7) is 3.91. The molecular weight excluding hydrogens is 310 g/mol. The largest absolute Gasteiger partial charge is 0.468 e. The molecule has 4 atom stereocenters. The van der Waals surface area contributed by atoms with Crippen LogP contribution in [0.2, 0.25) is 0 Å². The van der Waals surface area contributed by atoms with Gasteiger partial charge in [-0.2, -0.15) is 4.31 Å². The molecule has 5 heteroatoms. The Bertz CT molecular complexity index is 745. The lowest BCUT2D eigenvalue weighted by Gasteiger charge is -2.12. The highest BCUT2D eigenvalue weighted by Crippen LogP contribution is 2.52. The summed E-state index contributed by atoms with van der Waals surface area (Å²) in [7, 11) is -0.0618. The topological polar surface area (TPSA) is 46.4 Å². The van der Waals surface area contributed by atoms with Crippen LogP contribution < -0.4 is 0 Å². The molecule has 1 fully saturated rings. The molecule has 1 aliphatic rings. The predicted molar refractivity (Wildman–Crippen MR) is 89.0 cm³/mol. The lowest BCUT2D eigenvalue weighted by molar-refractivity contribution is -0.140. The number of hydrogen-bond acceptors (Lipinski definition) is 3. The molecule has 0 bridgehead atoms. The summed E-state index contributed by atoms with van der Waals surface area (Å²) in [5.41, 5.74) is 1.44. The Morgan fingerprint density at radius 2 is 1.74 bits per heavy atom. The van der Waals surface area contributed by atoms with E-state index in [4.69, 9.17) is 4.74 Å². The first-order chi connectivity index (χ1) is 11.0. The first-order valence-corrected chi connectivity index (χ1v) is 8.52. The van der Waals surface area contributed by atoms with E-state index < -0.39 is 22.6 Å². The van der Waals surface area contributed by atoms with E-state index in [1.165, 1.54) is 7.11 Å². The van der Waals surface area contributed by atoms with Crippen molar-refractivity contribution in [1.29, 1.82) is 0 Å². The molecular formula is C18H19NO3S. The fourth-order valence-corrected chi connectivity index (χ4v) is 4.48. The van der Waals surface area contributed by atoms with Crippen LogP contribution in [0.5, 0.6) is 0 Å². The SMILES string of the molecule is COC(=O)[C@H]1N(S(=O)c2ccc(C)cc2)[C@@]1(C)c1ccccc1. The maximum absolute atomic E-state index is 13.0. The lowest BCUT2D eigenvalue weighted by atomic mass is 9.97. The zero-order valence-electron chi connectivity index (χ0n) is 13.4. The van der Waals surface area contributed by atoms with Gasteiger partial charge in [-0.3, -0.25) is 4.79 Å². The maximum atomic E-state index is 13.0. The third kappa shape index (κ3) is 2.60. The van der Waals surface area contributed by atoms with Gasteiger partial charge in [-0.1, -0.05) is 48.0 Å². The number of nitrogens with zero attached hydrogens (tertiary/aromatic N) is 1. The van der Waals surface area contributed by atoms with Crippen molar-refractivity contribution in [2.45, 2.75) is 30.3 Å². The van der Waals surface area contributed by atoms with Crippen LogP contribution in [0.15, 0.2) is 59.5 Å². The van der Waals surface area contributed by atoms with Gasteiger partial charge in [0.25, 0.3) is 0 Å². The van der Waals surface area contributed by atoms with Gasteiger partial charge in [0, 0.05) is 0 Å². The summed E-state index contributed by atoms with van der Waals surface area (Å²) in [6, 6.07) is 16.6. The van der Waals surface area contributed by atoms with Gasteiger partial charge in [-0.25, -0.2) is 4.21 Å². The second kappa shape index (κ2) is 5.91. The molecule has 1 saturated heterocycles. The summed E-state index contributed by atoms with van der Waals surface area (Å²) in [4.78, 5) is 12.8. The Balaban J connectivity index is 1.98. The molecule has 0 radical (unpaired) electrons. The van der Waals surface area contributed by atoms with Crippen molar-refractivity contribution in [3.8, 4) is 0 Å². The van der Waals surface area contributed by atoms with Crippen LogP contribution >= 0.6 is 0 Å². The van der Waals surface area contributed by atoms with Crippen molar-refractivity contribution in [2.24, 2.45) is 0 Å². The quantitative estimate of drug-likeness (QED) is 0.640. The number of ether oxygens (including phenoxy) is 1. The number of aryl methyl sites for hydroxylation is 1. The number of rotatable bonds is 4. The Morgan fingerprint density at radius 3 is 2.30 bits per heavy atom. The highest BCUT2D eigenvalue weighted by atomic mass is 32.2. The average Bonchev–Trinajstić information content (AvgIpc) is 3.22. The van der Waals surface area contributed by atoms with Crippen molar-refractivity contribution in [3.63, 3.8) is 0 Å². The van der Waals surface area contributed by atoms with E-state index in [1.54, 1.807) is 4.31 Å². The molecule has 0 spiro atoms. The van der Waals surface area contributed by atoms with Crippen LogP contribution in [0, 0.1) is 6.92 Å². The minimum Gasteiger partial charge on any atom is -0.468 e. The Hall–Kier alpha value is -1.98. The van der Waals surface area contributed by atoms with Crippen LogP contribution in [0.25, 0.3) is 0 Å². The van der Waals surface area contributed by atoms with Crippen molar-refractivity contribution in [1.82, 2.24) is 4.31 Å². The van der Waals surface area contributed by atoms with Crippen molar-refractivity contribution in [3.05, 3.63) is 65.7 Å². The molecule has 1 aliphatic heterocycles. The molecule has 0 N–H and O–H groups in total. The molecule has 2 unspecified atom stereocenters. The third-order valence-electron chi connectivity index (χ3n) is 4.34. The molecule has 1 heterocycles. The smallest absolute Gasteiger partial charge is 0.326 e. The van der Waals surface area contributed by atoms with E-state index in [1.807, 2.05) is 68.4 Å². The second-order valence-electron chi connectivity index (χ2n) is 5.83. The van der Waals surface area contributed by atoms with E-state index in [0.717, 1.165) is 11.1 Å². The number of hydrogen-bond donors (Lipinski definition) is 0. The van der Waals surface area contributed by atoms with Gasteiger partial charge in [-0.05, 0) is 31.5 Å². The molecule has 2 aromatic carbocycles. The van der Waals surface area contributed by atoms with Crippen molar-refractivity contribution < 1.29 is 13.7 Å². The van der Waals surface area contributed by atoms with Crippen LogP contribution in [0.4, 0.5) is 0 Å². The molecule has 120 valence electrons. The molecule has 4 nitrogen and oxygen atoms in total. The Kier molecular flexibility index (Phi) is 4.08. The van der Waals surface area contributed by atoms with Crippen LogP contribution in [0.1, 0.15) is 18.1 Å². The monoisotopic (exact) mass is 329 g/mol. The molecule has 3 rings (SSSR count). The summed E-state index contributed by atoms with van der Waals surface area (Å²) >= 11 is 0. The van der Waals surface area contributed by atoms with Gasteiger partial charge in [-0.15, -0.1) is 0 Å². The third-order valence-corrected chi connectivity index (χ3v) is 5.96. The van der Waals surface area contributed by atoms with E-state index in [2.05, 4.69) is 0 Å². The van der Waals surface area contributed by atoms with Crippen LogP contribution in [-0.2, 0) is 26.1 Å². The molecule has 2 aromatic rings. The molecule has 0 saturated carbocycles. The van der Waals surface area contributed by atoms with Crippen LogP contribution in [0.3, 0.4) is 0 Å². The predicted octanol–water partition coefficient (Wildman–Crippen LogP) is 2.79. The normalized spacial score (nSPS) is 27.3. The Labute approximate surface area is 138 Å². The van der Waals surface area contributed by atoms with Gasteiger partial charge >= 0.3 is 5.97 Å². The van der Waals surface area contributed by atoms with E-state index in [9.17, 15) is 9.00 Å².